The van der Waals surface area contributed by atoms with Gasteiger partial charge in [-0.05, 0) is 66.3 Å². The largest absolute Gasteiger partial charge is 0.478 e. The summed E-state index contributed by atoms with van der Waals surface area (Å²) in [7, 11) is 0. The monoisotopic (exact) mass is 554 g/mol. The van der Waals surface area contributed by atoms with Gasteiger partial charge in [0.15, 0.2) is 22.9 Å². The number of oxazole rings is 1. The number of carboxylic acids is 1. The molecule has 7 N–H and O–H groups in total. The molecule has 208 valence electrons. The van der Waals surface area contributed by atoms with E-state index in [0.717, 1.165) is 16.7 Å². The topological polar surface area (TPSA) is 204 Å². The summed E-state index contributed by atoms with van der Waals surface area (Å²) < 4.78 is 6.80. The van der Waals surface area contributed by atoms with Crippen molar-refractivity contribution in [1.82, 2.24) is 30.0 Å². The van der Waals surface area contributed by atoms with Crippen LogP contribution in [0, 0.1) is 13.8 Å². The molecule has 1 aliphatic carbocycles. The van der Waals surface area contributed by atoms with Crippen LogP contribution in [0.1, 0.15) is 71.9 Å². The number of benzene rings is 2. The maximum Gasteiger partial charge on any atom is 0.335 e. The van der Waals surface area contributed by atoms with E-state index in [4.69, 9.17) is 15.9 Å². The van der Waals surface area contributed by atoms with Gasteiger partial charge in [0.2, 0.25) is 5.95 Å². The van der Waals surface area contributed by atoms with Crippen LogP contribution in [0.4, 0.5) is 11.8 Å². The standard InChI is InChI=1S/C28H26N8O5/c1-12-15-6-7-18(17(15)5-4-16(12)27(39)40)34-26(38)21-10-20(33-24-23(29)35-28(30)36(21)24)25(37)31-11-14-3-8-22-19(9-14)32-13(2)41-22/h3-5,8-10,18H,6-7,11,29H2,1-2H3,(H2,30,35)(H,31,37)(H,34,38)(H,39,40)/t18-/m0/s1. The number of carbonyl (C=O) groups is 3. The van der Waals surface area contributed by atoms with Crippen molar-refractivity contribution in [2.45, 2.75) is 39.3 Å². The first-order valence-corrected chi connectivity index (χ1v) is 12.9. The van der Waals surface area contributed by atoms with Crippen LogP contribution in [0.5, 0.6) is 0 Å². The van der Waals surface area contributed by atoms with Crippen LogP contribution in [-0.4, -0.2) is 42.2 Å². The van der Waals surface area contributed by atoms with Crippen molar-refractivity contribution in [1.29, 1.82) is 0 Å². The first kappa shape index (κ1) is 25.8. The summed E-state index contributed by atoms with van der Waals surface area (Å²) in [6.45, 7) is 3.71. The molecule has 13 nitrogen and oxygen atoms in total. The van der Waals surface area contributed by atoms with Gasteiger partial charge in [-0.15, -0.1) is 0 Å². The molecule has 3 aromatic heterocycles. The van der Waals surface area contributed by atoms with Gasteiger partial charge in [0.05, 0.1) is 11.6 Å². The molecule has 2 amide bonds. The summed E-state index contributed by atoms with van der Waals surface area (Å²) >= 11 is 0. The highest BCUT2D eigenvalue weighted by molar-refractivity contribution is 5.99. The lowest BCUT2D eigenvalue weighted by atomic mass is 9.98. The fourth-order valence-electron chi connectivity index (χ4n) is 5.38. The van der Waals surface area contributed by atoms with Crippen molar-refractivity contribution in [2.24, 2.45) is 0 Å². The van der Waals surface area contributed by atoms with Gasteiger partial charge < -0.3 is 31.6 Å². The Balaban J connectivity index is 1.28. The van der Waals surface area contributed by atoms with Gasteiger partial charge in [0, 0.05) is 13.5 Å². The van der Waals surface area contributed by atoms with Gasteiger partial charge in [-0.25, -0.2) is 14.8 Å². The summed E-state index contributed by atoms with van der Waals surface area (Å²) in [4.78, 5) is 51.0. The zero-order chi connectivity index (χ0) is 29.0. The number of imidazole rings is 1. The third-order valence-corrected chi connectivity index (χ3v) is 7.35. The summed E-state index contributed by atoms with van der Waals surface area (Å²) in [6.07, 6.45) is 1.20. The Hall–Kier alpha value is -5.46. The molecule has 0 aliphatic heterocycles. The normalized spacial score (nSPS) is 14.3. The predicted molar refractivity (Wildman–Crippen MR) is 148 cm³/mol. The SMILES string of the molecule is Cc1nc2cc(CNC(=O)c3cc(C(=O)N[C@H]4CCc5c4ccc(C(=O)O)c5C)n4c(N)nc(N)c4n3)ccc2o1. The van der Waals surface area contributed by atoms with E-state index in [1.54, 1.807) is 32.0 Å². The third-order valence-electron chi connectivity index (χ3n) is 7.35. The zero-order valence-electron chi connectivity index (χ0n) is 22.2. The van der Waals surface area contributed by atoms with Crippen LogP contribution in [0.2, 0.25) is 0 Å². The minimum absolute atomic E-state index is 0.0268. The molecule has 41 heavy (non-hydrogen) atoms. The van der Waals surface area contributed by atoms with Crippen LogP contribution in [-0.2, 0) is 13.0 Å². The average molecular weight is 555 g/mol. The summed E-state index contributed by atoms with van der Waals surface area (Å²) in [5, 5.41) is 15.3. The van der Waals surface area contributed by atoms with Gasteiger partial charge in [0.25, 0.3) is 11.8 Å². The lowest BCUT2D eigenvalue weighted by Crippen LogP contribution is -2.30. The molecule has 0 fully saturated rings. The number of nitrogen functional groups attached to an aromatic ring is 2. The predicted octanol–water partition coefficient (Wildman–Crippen LogP) is 2.70. The molecule has 3 heterocycles. The Kier molecular flexibility index (Phi) is 6.06. The maximum atomic E-state index is 13.6. The Bertz CT molecular complexity index is 1910. The smallest absolute Gasteiger partial charge is 0.335 e. The number of carboxylic acid groups (broad SMARTS) is 1. The number of amides is 2. The molecule has 0 saturated heterocycles. The molecule has 6 rings (SSSR count). The van der Waals surface area contributed by atoms with Gasteiger partial charge in [0.1, 0.15) is 16.9 Å². The lowest BCUT2D eigenvalue weighted by Gasteiger charge is -2.17. The second-order valence-corrected chi connectivity index (χ2v) is 9.93. The second kappa shape index (κ2) is 9.62. The first-order valence-electron chi connectivity index (χ1n) is 12.9. The minimum atomic E-state index is -0.996. The van der Waals surface area contributed by atoms with Gasteiger partial charge in [-0.2, -0.15) is 4.98 Å². The van der Waals surface area contributed by atoms with Crippen molar-refractivity contribution in [3.8, 4) is 0 Å². The van der Waals surface area contributed by atoms with Crippen LogP contribution >= 0.6 is 0 Å². The number of rotatable bonds is 6. The molecule has 5 aromatic rings. The number of aryl methyl sites for hydroxylation is 1. The molecule has 2 aromatic carbocycles. The highest BCUT2D eigenvalue weighted by atomic mass is 16.4. The Morgan fingerprint density at radius 2 is 1.88 bits per heavy atom. The minimum Gasteiger partial charge on any atom is -0.478 e. The van der Waals surface area contributed by atoms with Gasteiger partial charge in [-0.1, -0.05) is 12.1 Å². The molecule has 0 bridgehead atoms. The van der Waals surface area contributed by atoms with Crippen molar-refractivity contribution in [3.63, 3.8) is 0 Å². The molecular weight excluding hydrogens is 528 g/mol. The Morgan fingerprint density at radius 3 is 2.66 bits per heavy atom. The number of hydrogen-bond donors (Lipinski definition) is 5. The number of nitrogens with one attached hydrogen (secondary N) is 2. The highest BCUT2D eigenvalue weighted by Gasteiger charge is 2.29. The number of fused-ring (bicyclic) bond motifs is 3. The maximum absolute atomic E-state index is 13.6. The number of aromatic carboxylic acids is 1. The number of nitrogens with zero attached hydrogens (tertiary/aromatic N) is 4. The average Bonchev–Trinajstić information content (AvgIpc) is 3.61. The van der Waals surface area contributed by atoms with E-state index < -0.39 is 17.8 Å². The van der Waals surface area contributed by atoms with Crippen molar-refractivity contribution >= 4 is 46.3 Å². The molecule has 0 spiro atoms. The van der Waals surface area contributed by atoms with E-state index in [-0.39, 0.29) is 47.0 Å². The quantitative estimate of drug-likeness (QED) is 0.207. The van der Waals surface area contributed by atoms with Crippen LogP contribution in [0.3, 0.4) is 0 Å². The fourth-order valence-corrected chi connectivity index (χ4v) is 5.38. The zero-order valence-corrected chi connectivity index (χ0v) is 22.2. The van der Waals surface area contributed by atoms with E-state index in [1.807, 2.05) is 12.1 Å². The van der Waals surface area contributed by atoms with Crippen molar-refractivity contribution in [2.75, 3.05) is 11.5 Å². The number of carbonyl (C=O) groups excluding carboxylic acids is 2. The van der Waals surface area contributed by atoms with E-state index in [1.165, 1.54) is 10.5 Å². The van der Waals surface area contributed by atoms with Crippen molar-refractivity contribution < 1.29 is 23.9 Å². The lowest BCUT2D eigenvalue weighted by molar-refractivity contribution is 0.0695. The van der Waals surface area contributed by atoms with Crippen LogP contribution in [0.15, 0.2) is 40.8 Å². The summed E-state index contributed by atoms with van der Waals surface area (Å²) in [6, 6.07) is 9.67. The third kappa shape index (κ3) is 4.46. The molecule has 0 unspecified atom stereocenters. The number of nitrogens with two attached hydrogens (primary N) is 2. The van der Waals surface area contributed by atoms with Crippen molar-refractivity contribution in [3.05, 3.63) is 81.5 Å². The fraction of sp³-hybridized carbons (Fsp3) is 0.214. The first-order chi connectivity index (χ1) is 19.6. The number of anilines is 2. The van der Waals surface area contributed by atoms with Crippen LogP contribution < -0.4 is 22.1 Å². The Morgan fingerprint density at radius 1 is 1.07 bits per heavy atom. The van der Waals surface area contributed by atoms with Crippen LogP contribution in [0.25, 0.3) is 16.7 Å². The summed E-state index contributed by atoms with van der Waals surface area (Å²) in [5.74, 6) is -1.57. The molecule has 13 heteroatoms. The highest BCUT2D eigenvalue weighted by Crippen LogP contribution is 2.35. The van der Waals surface area contributed by atoms with E-state index in [9.17, 15) is 19.5 Å². The molecule has 0 radical (unpaired) electrons. The molecule has 1 atom stereocenters. The van der Waals surface area contributed by atoms with E-state index >= 15 is 0 Å². The summed E-state index contributed by atoms with van der Waals surface area (Å²) in [5.41, 5.74) is 16.9. The number of aromatic nitrogens is 4. The van der Waals surface area contributed by atoms with Gasteiger partial charge >= 0.3 is 5.97 Å². The second-order valence-electron chi connectivity index (χ2n) is 9.93. The molecular formula is C28H26N8O5. The Labute approximate surface area is 232 Å². The van der Waals surface area contributed by atoms with Gasteiger partial charge in [-0.3, -0.25) is 14.0 Å². The van der Waals surface area contributed by atoms with E-state index in [2.05, 4.69) is 25.6 Å². The van der Waals surface area contributed by atoms with E-state index in [0.29, 0.717) is 35.4 Å². The number of hydrogen-bond acceptors (Lipinski definition) is 9. The molecule has 1 aliphatic rings. The molecule has 0 saturated carbocycles.